The smallest absolute Gasteiger partial charge is 0.241 e. The minimum Gasteiger partial charge on any atom is -0.338 e. The fraction of sp³-hybridized carbons (Fsp3) is 0.389. The van der Waals surface area contributed by atoms with Crippen LogP contribution in [-0.2, 0) is 34.3 Å². The van der Waals surface area contributed by atoms with Crippen molar-refractivity contribution in [3.05, 3.63) is 65.8 Å². The fourth-order valence-electron chi connectivity index (χ4n) is 2.63. The van der Waals surface area contributed by atoms with Crippen molar-refractivity contribution in [1.29, 1.82) is 0 Å². The van der Waals surface area contributed by atoms with Gasteiger partial charge in [0.2, 0.25) is 5.89 Å². The molecule has 2 aromatic heterocycles. The molecule has 0 saturated heterocycles. The predicted octanol–water partition coefficient (Wildman–Crippen LogP) is 2.77. The van der Waals surface area contributed by atoms with Gasteiger partial charge in [0.05, 0.1) is 0 Å². The van der Waals surface area contributed by atoms with Gasteiger partial charge in [0, 0.05) is 25.4 Å². The molecule has 7 nitrogen and oxygen atoms in total. The lowest BCUT2D eigenvalue weighted by Crippen LogP contribution is -2.13. The predicted molar refractivity (Wildman–Crippen MR) is 97.0 cm³/mol. The van der Waals surface area contributed by atoms with Gasteiger partial charge in [-0.15, -0.1) is 0 Å². The third-order valence-electron chi connectivity index (χ3n) is 3.95. The van der Waals surface area contributed by atoms with Crippen LogP contribution >= 0.6 is 0 Å². The summed E-state index contributed by atoms with van der Waals surface area (Å²) in [4.78, 5) is 8.37. The highest BCUT2D eigenvalue weighted by Gasteiger charge is 2.20. The van der Waals surface area contributed by atoms with Crippen molar-refractivity contribution in [2.75, 3.05) is 0 Å². The zero-order valence-corrected chi connectivity index (χ0v) is 15.5. The molecule has 138 valence electrons. The third-order valence-corrected chi connectivity index (χ3v) is 5.34. The first-order chi connectivity index (χ1) is 12.6. The van der Waals surface area contributed by atoms with Gasteiger partial charge in [-0.3, -0.25) is 0 Å². The first-order valence-electron chi connectivity index (χ1n) is 8.61. The molecule has 0 atom stereocenters. The summed E-state index contributed by atoms with van der Waals surface area (Å²) >= 11 is 0. The topological polar surface area (TPSA) is 90.9 Å². The summed E-state index contributed by atoms with van der Waals surface area (Å²) in [6, 6.07) is 9.84. The Hall–Kier alpha value is -2.48. The van der Waals surface area contributed by atoms with Gasteiger partial charge in [-0.1, -0.05) is 48.8 Å². The van der Waals surface area contributed by atoms with E-state index in [-0.39, 0.29) is 17.4 Å². The van der Waals surface area contributed by atoms with E-state index >= 15 is 0 Å². The van der Waals surface area contributed by atoms with Crippen LogP contribution < -0.4 is 0 Å². The summed E-state index contributed by atoms with van der Waals surface area (Å²) in [5.74, 6) is 0.753. The lowest BCUT2D eigenvalue weighted by molar-refractivity contribution is 0.382. The number of hydrogen-bond acceptors (Lipinski definition) is 6. The third kappa shape index (κ3) is 5.01. The highest BCUT2D eigenvalue weighted by molar-refractivity contribution is 7.89. The summed E-state index contributed by atoms with van der Waals surface area (Å²) < 4.78 is 31.9. The molecule has 0 unspecified atom stereocenters. The Morgan fingerprint density at radius 3 is 2.73 bits per heavy atom. The second-order valence-electron chi connectivity index (χ2n) is 6.20. The van der Waals surface area contributed by atoms with Gasteiger partial charge in [-0.25, -0.2) is 13.4 Å². The monoisotopic (exact) mass is 374 g/mol. The van der Waals surface area contributed by atoms with Crippen LogP contribution in [0.15, 0.2) is 47.2 Å². The van der Waals surface area contributed by atoms with E-state index in [0.29, 0.717) is 24.6 Å². The molecule has 3 aromatic rings. The van der Waals surface area contributed by atoms with Crippen LogP contribution in [0.1, 0.15) is 42.9 Å². The molecule has 2 heterocycles. The van der Waals surface area contributed by atoms with E-state index in [2.05, 4.69) is 22.0 Å². The van der Waals surface area contributed by atoms with Crippen molar-refractivity contribution in [2.24, 2.45) is 0 Å². The van der Waals surface area contributed by atoms with Crippen LogP contribution in [0, 0.1) is 0 Å². The Morgan fingerprint density at radius 2 is 1.96 bits per heavy atom. The van der Waals surface area contributed by atoms with Crippen LogP contribution in [0.5, 0.6) is 0 Å². The van der Waals surface area contributed by atoms with Crippen molar-refractivity contribution in [1.82, 2.24) is 19.7 Å². The average Bonchev–Trinajstić information content (AvgIpc) is 3.23. The Bertz CT molecular complexity index is 932. The summed E-state index contributed by atoms with van der Waals surface area (Å²) in [5.41, 5.74) is 1.08. The molecule has 0 fully saturated rings. The van der Waals surface area contributed by atoms with Crippen LogP contribution in [-0.4, -0.2) is 28.1 Å². The molecule has 0 aliphatic carbocycles. The second-order valence-corrected chi connectivity index (χ2v) is 8.26. The highest BCUT2D eigenvalue weighted by Crippen LogP contribution is 2.13. The van der Waals surface area contributed by atoms with E-state index in [1.165, 1.54) is 0 Å². The quantitative estimate of drug-likeness (QED) is 0.572. The Labute approximate surface area is 153 Å². The SMILES string of the molecule is CCCCc1noc(CS(=O)(=O)Cc2nccn2Cc2ccccc2)n1. The van der Waals surface area contributed by atoms with Crippen LogP contribution in [0.25, 0.3) is 0 Å². The van der Waals surface area contributed by atoms with E-state index < -0.39 is 9.84 Å². The summed E-state index contributed by atoms with van der Waals surface area (Å²) in [6.45, 7) is 2.65. The van der Waals surface area contributed by atoms with Gasteiger partial charge in [0.25, 0.3) is 0 Å². The van der Waals surface area contributed by atoms with Gasteiger partial charge in [0.1, 0.15) is 17.3 Å². The zero-order chi connectivity index (χ0) is 18.4. The molecule has 0 saturated carbocycles. The fourth-order valence-corrected chi connectivity index (χ4v) is 3.85. The molecule has 0 bridgehead atoms. The van der Waals surface area contributed by atoms with Gasteiger partial charge in [0.15, 0.2) is 15.7 Å². The van der Waals surface area contributed by atoms with E-state index in [1.807, 2.05) is 34.9 Å². The molecular weight excluding hydrogens is 352 g/mol. The molecule has 0 aliphatic rings. The van der Waals surface area contributed by atoms with Crippen molar-refractivity contribution in [2.45, 2.75) is 44.2 Å². The van der Waals surface area contributed by atoms with Crippen molar-refractivity contribution >= 4 is 9.84 Å². The molecule has 0 amide bonds. The number of sulfone groups is 1. The number of aryl methyl sites for hydroxylation is 1. The van der Waals surface area contributed by atoms with Crippen molar-refractivity contribution < 1.29 is 12.9 Å². The van der Waals surface area contributed by atoms with E-state index in [1.54, 1.807) is 12.4 Å². The Balaban J connectivity index is 1.66. The highest BCUT2D eigenvalue weighted by atomic mass is 32.2. The Morgan fingerprint density at radius 1 is 1.15 bits per heavy atom. The number of rotatable bonds is 9. The van der Waals surface area contributed by atoms with Gasteiger partial charge in [-0.2, -0.15) is 4.98 Å². The maximum Gasteiger partial charge on any atom is 0.241 e. The van der Waals surface area contributed by atoms with Crippen molar-refractivity contribution in [3.63, 3.8) is 0 Å². The minimum absolute atomic E-state index is 0.136. The van der Waals surface area contributed by atoms with Crippen LogP contribution in [0.2, 0.25) is 0 Å². The number of benzene rings is 1. The summed E-state index contributed by atoms with van der Waals surface area (Å²) in [5, 5.41) is 3.84. The minimum atomic E-state index is -3.46. The first-order valence-corrected chi connectivity index (χ1v) is 10.4. The zero-order valence-electron chi connectivity index (χ0n) is 14.7. The van der Waals surface area contributed by atoms with E-state index in [4.69, 9.17) is 4.52 Å². The normalized spacial score (nSPS) is 11.7. The molecule has 3 rings (SSSR count). The maximum absolute atomic E-state index is 12.5. The molecule has 0 radical (unpaired) electrons. The van der Waals surface area contributed by atoms with Gasteiger partial charge in [-0.05, 0) is 12.0 Å². The average molecular weight is 374 g/mol. The van der Waals surface area contributed by atoms with E-state index in [9.17, 15) is 8.42 Å². The lowest BCUT2D eigenvalue weighted by Gasteiger charge is -2.08. The maximum atomic E-state index is 12.5. The van der Waals surface area contributed by atoms with Crippen molar-refractivity contribution in [3.8, 4) is 0 Å². The van der Waals surface area contributed by atoms with Gasteiger partial charge < -0.3 is 9.09 Å². The largest absolute Gasteiger partial charge is 0.338 e. The second kappa shape index (κ2) is 8.27. The number of imidazole rings is 1. The molecular formula is C18H22N4O3S. The molecule has 26 heavy (non-hydrogen) atoms. The standard InChI is InChI=1S/C18H22N4O3S/c1-2-3-9-16-20-18(25-21-16)14-26(23,24)13-17-19-10-11-22(17)12-15-7-5-4-6-8-15/h4-8,10-11H,2-3,9,12-14H2,1H3. The molecule has 8 heteroatoms. The molecule has 0 N–H and O–H groups in total. The lowest BCUT2D eigenvalue weighted by atomic mass is 10.2. The Kier molecular flexibility index (Phi) is 5.82. The summed E-state index contributed by atoms with van der Waals surface area (Å²) in [6.07, 6.45) is 6.06. The molecule has 0 aliphatic heterocycles. The molecule has 1 aromatic carbocycles. The first kappa shape index (κ1) is 18.3. The number of unbranched alkanes of at least 4 members (excludes halogenated alkanes) is 1. The summed E-state index contributed by atoms with van der Waals surface area (Å²) in [7, 11) is -3.46. The number of nitrogens with zero attached hydrogens (tertiary/aromatic N) is 4. The van der Waals surface area contributed by atoms with Gasteiger partial charge >= 0.3 is 0 Å². The number of aromatic nitrogens is 4. The van der Waals surface area contributed by atoms with Crippen LogP contribution in [0.4, 0.5) is 0 Å². The number of hydrogen-bond donors (Lipinski definition) is 0. The van der Waals surface area contributed by atoms with E-state index in [0.717, 1.165) is 18.4 Å². The van der Waals surface area contributed by atoms with Crippen LogP contribution in [0.3, 0.4) is 0 Å². The molecule has 0 spiro atoms.